The molecule has 0 unspecified atom stereocenters. The molecule has 0 aliphatic rings. The van der Waals surface area contributed by atoms with Gasteiger partial charge in [0.05, 0.1) is 26.0 Å². The molecule has 0 radical (unpaired) electrons. The molecule has 0 saturated heterocycles. The first-order valence-corrected chi connectivity index (χ1v) is 8.13. The fourth-order valence-corrected chi connectivity index (χ4v) is 2.05. The summed E-state index contributed by atoms with van der Waals surface area (Å²) in [7, 11) is 3.48. The van der Waals surface area contributed by atoms with Crippen molar-refractivity contribution in [1.29, 1.82) is 0 Å². The molecule has 1 heterocycles. The maximum atomic E-state index is 12.1. The fourth-order valence-electron chi connectivity index (χ4n) is 2.05. The summed E-state index contributed by atoms with van der Waals surface area (Å²) in [5, 5.41) is 6.21. The van der Waals surface area contributed by atoms with Gasteiger partial charge in [-0.1, -0.05) is 0 Å². The number of carbonyl (C=O) groups excluding carboxylic acids is 1. The minimum absolute atomic E-state index is 0.0442. The first-order chi connectivity index (χ1) is 11.3. The number of likely N-dealkylation sites (N-methyl/N-ethyl adjacent to an activating group) is 1. The van der Waals surface area contributed by atoms with Crippen molar-refractivity contribution in [2.75, 3.05) is 40.4 Å². The normalized spacial score (nSPS) is 12.1. The Morgan fingerprint density at radius 2 is 2.17 bits per heavy atom. The van der Waals surface area contributed by atoms with Gasteiger partial charge in [0.15, 0.2) is 5.96 Å². The zero-order valence-electron chi connectivity index (χ0n) is 15.4. The fraction of sp³-hybridized carbons (Fsp3) is 0.647. The molecule has 0 saturated carbocycles. The molecular formula is C17H30N4O3. The van der Waals surface area contributed by atoms with Gasteiger partial charge in [-0.15, -0.1) is 0 Å². The lowest BCUT2D eigenvalue weighted by atomic mass is 10.1. The highest BCUT2D eigenvalue weighted by Crippen LogP contribution is 2.00. The molecule has 1 aromatic rings. The van der Waals surface area contributed by atoms with Gasteiger partial charge in [0, 0.05) is 32.7 Å². The van der Waals surface area contributed by atoms with Crippen LogP contribution in [0.5, 0.6) is 0 Å². The topological polar surface area (TPSA) is 79.1 Å². The van der Waals surface area contributed by atoms with E-state index in [9.17, 15) is 4.79 Å². The van der Waals surface area contributed by atoms with Crippen molar-refractivity contribution in [3.8, 4) is 0 Å². The van der Waals surface area contributed by atoms with Crippen LogP contribution >= 0.6 is 0 Å². The summed E-state index contributed by atoms with van der Waals surface area (Å²) in [6, 6.07) is 3.80. The Kier molecular flexibility index (Phi) is 8.32. The maximum Gasteiger partial charge on any atom is 0.240 e. The second kappa shape index (κ2) is 9.97. The minimum Gasteiger partial charge on any atom is -0.469 e. The Bertz CT molecular complexity index is 506. The Morgan fingerprint density at radius 3 is 2.75 bits per heavy atom. The molecule has 1 aromatic heterocycles. The Labute approximate surface area is 144 Å². The monoisotopic (exact) mass is 338 g/mol. The van der Waals surface area contributed by atoms with Gasteiger partial charge in [0.25, 0.3) is 0 Å². The van der Waals surface area contributed by atoms with E-state index < -0.39 is 0 Å². The number of rotatable bonds is 8. The van der Waals surface area contributed by atoms with Crippen LogP contribution in [0.3, 0.4) is 0 Å². The number of hydrogen-bond donors (Lipinski definition) is 2. The Hall–Kier alpha value is -2.02. The van der Waals surface area contributed by atoms with Crippen molar-refractivity contribution in [1.82, 2.24) is 15.5 Å². The van der Waals surface area contributed by atoms with Crippen LogP contribution in [0.25, 0.3) is 0 Å². The second-order valence-electron chi connectivity index (χ2n) is 6.61. The SMILES string of the molecule is COCCN=C(NCCc1ccco1)N(C)CC(=O)NC(C)(C)C. The second-order valence-corrected chi connectivity index (χ2v) is 6.61. The molecule has 0 aromatic carbocycles. The highest BCUT2D eigenvalue weighted by Gasteiger charge is 2.16. The molecule has 2 N–H and O–H groups in total. The van der Waals surface area contributed by atoms with E-state index >= 15 is 0 Å². The number of furan rings is 1. The predicted molar refractivity (Wildman–Crippen MR) is 95.1 cm³/mol. The highest BCUT2D eigenvalue weighted by molar-refractivity contribution is 5.86. The van der Waals surface area contributed by atoms with E-state index in [0.717, 1.165) is 12.2 Å². The lowest BCUT2D eigenvalue weighted by Gasteiger charge is -2.25. The van der Waals surface area contributed by atoms with E-state index in [1.807, 2.05) is 40.0 Å². The van der Waals surface area contributed by atoms with Gasteiger partial charge in [0.2, 0.25) is 5.91 Å². The number of hydrogen-bond acceptors (Lipinski definition) is 4. The van der Waals surface area contributed by atoms with E-state index in [1.165, 1.54) is 0 Å². The molecule has 1 rings (SSSR count). The Morgan fingerprint density at radius 1 is 1.42 bits per heavy atom. The van der Waals surface area contributed by atoms with Gasteiger partial charge in [-0.3, -0.25) is 9.79 Å². The van der Waals surface area contributed by atoms with E-state index in [-0.39, 0.29) is 18.0 Å². The molecule has 24 heavy (non-hydrogen) atoms. The number of amides is 1. The maximum absolute atomic E-state index is 12.1. The van der Waals surface area contributed by atoms with Crippen molar-refractivity contribution in [3.63, 3.8) is 0 Å². The summed E-state index contributed by atoms with van der Waals surface area (Å²) in [5.41, 5.74) is -0.252. The summed E-state index contributed by atoms with van der Waals surface area (Å²) in [4.78, 5) is 18.4. The first kappa shape index (κ1) is 20.0. The molecule has 0 fully saturated rings. The van der Waals surface area contributed by atoms with Gasteiger partial charge in [-0.25, -0.2) is 0 Å². The van der Waals surface area contributed by atoms with E-state index in [0.29, 0.717) is 25.7 Å². The first-order valence-electron chi connectivity index (χ1n) is 8.13. The van der Waals surface area contributed by atoms with Crippen LogP contribution in [0.2, 0.25) is 0 Å². The lowest BCUT2D eigenvalue weighted by molar-refractivity contribution is -0.122. The van der Waals surface area contributed by atoms with Crippen LogP contribution < -0.4 is 10.6 Å². The minimum atomic E-state index is -0.252. The third-order valence-corrected chi connectivity index (χ3v) is 3.05. The smallest absolute Gasteiger partial charge is 0.240 e. The van der Waals surface area contributed by atoms with E-state index in [2.05, 4.69) is 15.6 Å². The third-order valence-electron chi connectivity index (χ3n) is 3.05. The quantitative estimate of drug-likeness (QED) is 0.424. The molecule has 0 aliphatic heterocycles. The van der Waals surface area contributed by atoms with Crippen molar-refractivity contribution in [3.05, 3.63) is 24.2 Å². The molecular weight excluding hydrogens is 308 g/mol. The summed E-state index contributed by atoms with van der Waals surface area (Å²) >= 11 is 0. The molecule has 0 aliphatic carbocycles. The zero-order chi connectivity index (χ0) is 18.0. The van der Waals surface area contributed by atoms with Crippen LogP contribution in [0.4, 0.5) is 0 Å². The van der Waals surface area contributed by atoms with Crippen molar-refractivity contribution < 1.29 is 13.9 Å². The Balaban J connectivity index is 2.55. The van der Waals surface area contributed by atoms with Crippen LogP contribution in [0.1, 0.15) is 26.5 Å². The van der Waals surface area contributed by atoms with Crippen molar-refractivity contribution in [2.24, 2.45) is 4.99 Å². The summed E-state index contributed by atoms with van der Waals surface area (Å²) < 4.78 is 10.4. The van der Waals surface area contributed by atoms with Gasteiger partial charge in [0.1, 0.15) is 5.76 Å². The number of guanidine groups is 1. The lowest BCUT2D eigenvalue weighted by Crippen LogP contribution is -2.49. The molecule has 7 heteroatoms. The number of aliphatic imine (C=N–C) groups is 1. The molecule has 0 bridgehead atoms. The molecule has 0 atom stereocenters. The van der Waals surface area contributed by atoms with Gasteiger partial charge >= 0.3 is 0 Å². The summed E-state index contributed by atoms with van der Waals surface area (Å²) in [5.74, 6) is 1.53. The van der Waals surface area contributed by atoms with Crippen LogP contribution in [0, 0.1) is 0 Å². The average molecular weight is 338 g/mol. The molecule has 0 spiro atoms. The number of methoxy groups -OCH3 is 1. The predicted octanol–water partition coefficient (Wildman–Crippen LogP) is 1.26. The van der Waals surface area contributed by atoms with Crippen molar-refractivity contribution in [2.45, 2.75) is 32.7 Å². The molecule has 1 amide bonds. The molecule has 7 nitrogen and oxygen atoms in total. The highest BCUT2D eigenvalue weighted by atomic mass is 16.5. The zero-order valence-corrected chi connectivity index (χ0v) is 15.4. The van der Waals surface area contributed by atoms with Gasteiger partial charge in [-0.2, -0.15) is 0 Å². The van der Waals surface area contributed by atoms with Crippen LogP contribution in [0.15, 0.2) is 27.8 Å². The van der Waals surface area contributed by atoms with Crippen molar-refractivity contribution >= 4 is 11.9 Å². The van der Waals surface area contributed by atoms with E-state index in [1.54, 1.807) is 18.3 Å². The summed E-state index contributed by atoms with van der Waals surface area (Å²) in [6.45, 7) is 7.85. The standard InChI is InChI=1S/C17H30N4O3/c1-17(2,3)20-15(22)13-21(4)16(19-10-12-23-5)18-9-8-14-7-6-11-24-14/h6-7,11H,8-10,12-13H2,1-5H3,(H,18,19)(H,20,22). The average Bonchev–Trinajstić information content (AvgIpc) is 2.96. The van der Waals surface area contributed by atoms with Gasteiger partial charge in [-0.05, 0) is 32.9 Å². The third kappa shape index (κ3) is 8.57. The number of ether oxygens (including phenoxy) is 1. The van der Waals surface area contributed by atoms with Crippen LogP contribution in [-0.2, 0) is 16.0 Å². The molecule has 136 valence electrons. The largest absolute Gasteiger partial charge is 0.469 e. The number of carbonyl (C=O) groups is 1. The number of nitrogens with one attached hydrogen (secondary N) is 2. The number of nitrogens with zero attached hydrogens (tertiary/aromatic N) is 2. The summed E-state index contributed by atoms with van der Waals surface area (Å²) in [6.07, 6.45) is 2.41. The van der Waals surface area contributed by atoms with Crippen LogP contribution in [-0.4, -0.2) is 62.7 Å². The van der Waals surface area contributed by atoms with E-state index in [4.69, 9.17) is 9.15 Å². The van der Waals surface area contributed by atoms with Gasteiger partial charge < -0.3 is 24.7 Å².